The number of aromatic nitrogens is 3. The number of anilines is 2. The van der Waals surface area contributed by atoms with Crippen LogP contribution in [0.2, 0.25) is 5.15 Å². The molecule has 2 aromatic heterocycles. The molecule has 0 bridgehead atoms. The van der Waals surface area contributed by atoms with Crippen LogP contribution in [0.1, 0.15) is 0 Å². The number of methoxy groups -OCH3 is 1. The van der Waals surface area contributed by atoms with Gasteiger partial charge in [-0.3, -0.25) is 0 Å². The summed E-state index contributed by atoms with van der Waals surface area (Å²) in [6, 6.07) is 9.36. The number of fused-ring (bicyclic) bond motifs is 1. The van der Waals surface area contributed by atoms with E-state index in [1.807, 2.05) is 30.3 Å². The zero-order chi connectivity index (χ0) is 13.9. The van der Waals surface area contributed by atoms with E-state index in [0.717, 1.165) is 11.1 Å². The Balaban J connectivity index is 2.01. The van der Waals surface area contributed by atoms with E-state index in [2.05, 4.69) is 20.3 Å². The number of hydrogen-bond donors (Lipinski definition) is 1. The lowest BCUT2D eigenvalue weighted by atomic mass is 10.3. The Bertz CT molecular complexity index is 763. The number of rotatable bonds is 3. The number of pyridine rings is 1. The molecule has 0 aliphatic heterocycles. The number of para-hydroxylation sites is 2. The lowest BCUT2D eigenvalue weighted by Crippen LogP contribution is -1.99. The van der Waals surface area contributed by atoms with Gasteiger partial charge in [-0.1, -0.05) is 23.7 Å². The van der Waals surface area contributed by atoms with Gasteiger partial charge in [-0.15, -0.1) is 0 Å². The first-order valence-electron chi connectivity index (χ1n) is 5.95. The predicted octanol–water partition coefficient (Wildman–Crippen LogP) is 3.43. The summed E-state index contributed by atoms with van der Waals surface area (Å²) in [4.78, 5) is 12.6. The molecule has 0 saturated carbocycles. The number of hydrogen-bond acceptors (Lipinski definition) is 5. The van der Waals surface area contributed by atoms with Crippen molar-refractivity contribution in [2.45, 2.75) is 0 Å². The van der Waals surface area contributed by atoms with E-state index in [4.69, 9.17) is 16.3 Å². The summed E-state index contributed by atoms with van der Waals surface area (Å²) in [5.41, 5.74) is 1.40. The van der Waals surface area contributed by atoms with Crippen LogP contribution in [0.15, 0.2) is 42.7 Å². The van der Waals surface area contributed by atoms with Crippen molar-refractivity contribution >= 4 is 34.1 Å². The molecule has 0 spiro atoms. The third kappa shape index (κ3) is 2.35. The van der Waals surface area contributed by atoms with Gasteiger partial charge < -0.3 is 10.1 Å². The van der Waals surface area contributed by atoms with E-state index in [0.29, 0.717) is 22.4 Å². The standard InChI is InChI=1S/C14H11ClN4O/c1-20-11-5-3-2-4-10(11)18-14-17-8-9-6-7-16-13(15)12(9)19-14/h2-8H,1H3,(H,17,18,19). The highest BCUT2D eigenvalue weighted by atomic mass is 35.5. The smallest absolute Gasteiger partial charge is 0.227 e. The molecule has 0 amide bonds. The topological polar surface area (TPSA) is 59.9 Å². The molecule has 2 heterocycles. The van der Waals surface area contributed by atoms with Gasteiger partial charge in [0.05, 0.1) is 12.8 Å². The number of benzene rings is 1. The van der Waals surface area contributed by atoms with Crippen LogP contribution in [0, 0.1) is 0 Å². The molecule has 0 unspecified atom stereocenters. The van der Waals surface area contributed by atoms with Crippen molar-refractivity contribution in [3.63, 3.8) is 0 Å². The molecule has 1 aromatic carbocycles. The van der Waals surface area contributed by atoms with Crippen molar-refractivity contribution in [2.24, 2.45) is 0 Å². The minimum absolute atomic E-state index is 0.355. The summed E-state index contributed by atoms with van der Waals surface area (Å²) in [5.74, 6) is 1.16. The normalized spacial score (nSPS) is 10.5. The zero-order valence-corrected chi connectivity index (χ0v) is 11.4. The molecule has 3 aromatic rings. The van der Waals surface area contributed by atoms with Crippen LogP contribution in [-0.2, 0) is 0 Å². The Kier molecular flexibility index (Phi) is 3.35. The highest BCUT2D eigenvalue weighted by Crippen LogP contribution is 2.26. The Morgan fingerprint density at radius 1 is 1.15 bits per heavy atom. The number of ether oxygens (including phenoxy) is 1. The number of nitrogens with one attached hydrogen (secondary N) is 1. The van der Waals surface area contributed by atoms with Crippen LogP contribution in [0.25, 0.3) is 10.9 Å². The first-order chi connectivity index (χ1) is 9.78. The molecule has 1 N–H and O–H groups in total. The molecule has 3 rings (SSSR count). The average molecular weight is 287 g/mol. The third-order valence-electron chi connectivity index (χ3n) is 2.81. The van der Waals surface area contributed by atoms with Crippen LogP contribution in [0.3, 0.4) is 0 Å². The zero-order valence-electron chi connectivity index (χ0n) is 10.7. The quantitative estimate of drug-likeness (QED) is 0.748. The monoisotopic (exact) mass is 286 g/mol. The van der Waals surface area contributed by atoms with Crippen molar-refractivity contribution < 1.29 is 4.74 Å². The molecular formula is C14H11ClN4O. The summed E-state index contributed by atoms with van der Waals surface area (Å²) in [5, 5.41) is 4.31. The van der Waals surface area contributed by atoms with Gasteiger partial charge in [-0.25, -0.2) is 15.0 Å². The highest BCUT2D eigenvalue weighted by Gasteiger charge is 2.07. The number of halogens is 1. The van der Waals surface area contributed by atoms with Crippen LogP contribution in [0.5, 0.6) is 5.75 Å². The maximum atomic E-state index is 6.04. The van der Waals surface area contributed by atoms with E-state index in [1.54, 1.807) is 19.5 Å². The molecule has 20 heavy (non-hydrogen) atoms. The maximum Gasteiger partial charge on any atom is 0.227 e. The SMILES string of the molecule is COc1ccccc1Nc1ncc2ccnc(Cl)c2n1. The van der Waals surface area contributed by atoms with Gasteiger partial charge in [-0.2, -0.15) is 0 Å². The average Bonchev–Trinajstić information content (AvgIpc) is 2.49. The summed E-state index contributed by atoms with van der Waals surface area (Å²) < 4.78 is 5.27. The number of nitrogens with zero attached hydrogens (tertiary/aromatic N) is 3. The molecule has 100 valence electrons. The second-order valence-electron chi connectivity index (χ2n) is 4.06. The van der Waals surface area contributed by atoms with Crippen molar-refractivity contribution in [3.05, 3.63) is 47.9 Å². The molecule has 6 heteroatoms. The molecule has 0 atom stereocenters. The third-order valence-corrected chi connectivity index (χ3v) is 3.08. The van der Waals surface area contributed by atoms with E-state index in [1.165, 1.54) is 0 Å². The summed E-state index contributed by atoms with van der Waals surface area (Å²) in [6.07, 6.45) is 3.33. The fourth-order valence-electron chi connectivity index (χ4n) is 1.85. The van der Waals surface area contributed by atoms with Gasteiger partial charge in [0.25, 0.3) is 0 Å². The van der Waals surface area contributed by atoms with E-state index >= 15 is 0 Å². The van der Waals surface area contributed by atoms with Crippen LogP contribution < -0.4 is 10.1 Å². The van der Waals surface area contributed by atoms with Crippen molar-refractivity contribution in [1.29, 1.82) is 0 Å². The lowest BCUT2D eigenvalue weighted by molar-refractivity contribution is 0.417. The molecule has 5 nitrogen and oxygen atoms in total. The summed E-state index contributed by atoms with van der Waals surface area (Å²) in [7, 11) is 1.61. The predicted molar refractivity (Wildman–Crippen MR) is 78.6 cm³/mol. The molecule has 0 aliphatic carbocycles. The van der Waals surface area contributed by atoms with Crippen molar-refractivity contribution in [1.82, 2.24) is 15.0 Å². The minimum atomic E-state index is 0.355. The van der Waals surface area contributed by atoms with E-state index < -0.39 is 0 Å². The first kappa shape index (κ1) is 12.6. The Morgan fingerprint density at radius 3 is 2.85 bits per heavy atom. The van der Waals surface area contributed by atoms with Crippen molar-refractivity contribution in [2.75, 3.05) is 12.4 Å². The Hall–Kier alpha value is -2.40. The van der Waals surface area contributed by atoms with Gasteiger partial charge in [0.15, 0.2) is 5.15 Å². The largest absolute Gasteiger partial charge is 0.495 e. The molecule has 0 radical (unpaired) electrons. The van der Waals surface area contributed by atoms with Crippen LogP contribution in [0.4, 0.5) is 11.6 Å². The Labute approximate surface area is 120 Å². The second kappa shape index (κ2) is 5.30. The van der Waals surface area contributed by atoms with Crippen molar-refractivity contribution in [3.8, 4) is 5.75 Å². The maximum absolute atomic E-state index is 6.04. The molecule has 0 fully saturated rings. The van der Waals surface area contributed by atoms with E-state index in [9.17, 15) is 0 Å². The van der Waals surface area contributed by atoms with Gasteiger partial charge in [0.2, 0.25) is 5.95 Å². The van der Waals surface area contributed by atoms with Gasteiger partial charge in [-0.05, 0) is 18.2 Å². The van der Waals surface area contributed by atoms with Crippen LogP contribution in [-0.4, -0.2) is 22.1 Å². The molecule has 0 aliphatic rings. The summed E-state index contributed by atoms with van der Waals surface area (Å²) in [6.45, 7) is 0. The molecule has 0 saturated heterocycles. The van der Waals surface area contributed by atoms with Gasteiger partial charge >= 0.3 is 0 Å². The van der Waals surface area contributed by atoms with Crippen LogP contribution >= 0.6 is 11.6 Å². The summed E-state index contributed by atoms with van der Waals surface area (Å²) >= 11 is 6.04. The van der Waals surface area contributed by atoms with Gasteiger partial charge in [0, 0.05) is 17.8 Å². The van der Waals surface area contributed by atoms with Gasteiger partial charge in [0.1, 0.15) is 11.3 Å². The Morgan fingerprint density at radius 2 is 2.00 bits per heavy atom. The highest BCUT2D eigenvalue weighted by molar-refractivity contribution is 6.33. The second-order valence-corrected chi connectivity index (χ2v) is 4.42. The lowest BCUT2D eigenvalue weighted by Gasteiger charge is -2.09. The molecular weight excluding hydrogens is 276 g/mol. The minimum Gasteiger partial charge on any atom is -0.495 e. The fraction of sp³-hybridized carbons (Fsp3) is 0.0714. The first-order valence-corrected chi connectivity index (χ1v) is 6.33. The fourth-order valence-corrected chi connectivity index (χ4v) is 2.06. The van der Waals surface area contributed by atoms with E-state index in [-0.39, 0.29) is 0 Å².